The Bertz CT molecular complexity index is 389. The third kappa shape index (κ3) is 3.54. The van der Waals surface area contributed by atoms with Crippen molar-refractivity contribution in [1.29, 1.82) is 0 Å². The Balaban J connectivity index is 2.12. The van der Waals surface area contributed by atoms with Crippen LogP contribution in [0.2, 0.25) is 0 Å². The van der Waals surface area contributed by atoms with Crippen molar-refractivity contribution in [1.82, 2.24) is 10.3 Å². The average Bonchev–Trinajstić information content (AvgIpc) is 2.84. The molecule has 4 nitrogen and oxygen atoms in total. The molecule has 1 N–H and O–H groups in total. The number of nitrogens with one attached hydrogen (secondary N) is 1. The molecule has 108 valence electrons. The molecule has 0 aliphatic carbocycles. The van der Waals surface area contributed by atoms with Gasteiger partial charge in [-0.15, -0.1) is 11.3 Å². The molecule has 1 aliphatic heterocycles. The highest BCUT2D eigenvalue weighted by Gasteiger charge is 2.40. The molecular formula is C14H24N2O2S. The lowest BCUT2D eigenvalue weighted by Crippen LogP contribution is -2.56. The quantitative estimate of drug-likeness (QED) is 0.869. The van der Waals surface area contributed by atoms with Crippen LogP contribution in [0.4, 0.5) is 0 Å². The van der Waals surface area contributed by atoms with Crippen molar-refractivity contribution in [3.8, 4) is 0 Å². The Hall–Kier alpha value is -0.490. The first kappa shape index (κ1) is 14.9. The summed E-state index contributed by atoms with van der Waals surface area (Å²) in [6, 6.07) is 0.299. The Morgan fingerprint density at radius 1 is 1.53 bits per heavy atom. The molecular weight excluding hydrogens is 260 g/mol. The molecule has 19 heavy (non-hydrogen) atoms. The topological polar surface area (TPSA) is 43.4 Å². The van der Waals surface area contributed by atoms with Crippen molar-refractivity contribution >= 4 is 11.3 Å². The van der Waals surface area contributed by atoms with E-state index in [1.807, 2.05) is 7.11 Å². The van der Waals surface area contributed by atoms with Crippen molar-refractivity contribution in [2.45, 2.75) is 44.8 Å². The van der Waals surface area contributed by atoms with Gasteiger partial charge in [-0.1, -0.05) is 6.92 Å². The fourth-order valence-electron chi connectivity index (χ4n) is 2.81. The van der Waals surface area contributed by atoms with Gasteiger partial charge in [0.2, 0.25) is 0 Å². The fraction of sp³-hybridized carbons (Fsp3) is 0.786. The average molecular weight is 284 g/mol. The summed E-state index contributed by atoms with van der Waals surface area (Å²) in [6.07, 6.45) is 2.82. The van der Waals surface area contributed by atoms with Crippen LogP contribution in [0.1, 0.15) is 30.5 Å². The summed E-state index contributed by atoms with van der Waals surface area (Å²) in [4.78, 5) is 4.58. The fourth-order valence-corrected chi connectivity index (χ4v) is 3.44. The van der Waals surface area contributed by atoms with Crippen LogP contribution in [0.3, 0.4) is 0 Å². The molecule has 1 aromatic rings. The summed E-state index contributed by atoms with van der Waals surface area (Å²) in [5.41, 5.74) is 1.04. The van der Waals surface area contributed by atoms with Crippen molar-refractivity contribution in [2.75, 3.05) is 26.9 Å². The minimum absolute atomic E-state index is 0.119. The van der Waals surface area contributed by atoms with Gasteiger partial charge in [0.15, 0.2) is 0 Å². The Labute approximate surface area is 119 Å². The summed E-state index contributed by atoms with van der Waals surface area (Å²) >= 11 is 1.71. The van der Waals surface area contributed by atoms with Gasteiger partial charge in [0.05, 0.1) is 16.3 Å². The Morgan fingerprint density at radius 3 is 2.79 bits per heavy atom. The van der Waals surface area contributed by atoms with Crippen LogP contribution < -0.4 is 5.32 Å². The number of nitrogens with zero attached hydrogens (tertiary/aromatic N) is 1. The van der Waals surface area contributed by atoms with Crippen molar-refractivity contribution in [3.63, 3.8) is 0 Å². The van der Waals surface area contributed by atoms with E-state index in [1.165, 1.54) is 0 Å². The molecule has 0 radical (unpaired) electrons. The summed E-state index contributed by atoms with van der Waals surface area (Å²) < 4.78 is 11.4. The molecule has 1 saturated heterocycles. The maximum atomic E-state index is 5.91. The van der Waals surface area contributed by atoms with Crippen LogP contribution in [0.5, 0.6) is 0 Å². The maximum Gasteiger partial charge on any atom is 0.0897 e. The highest BCUT2D eigenvalue weighted by Crippen LogP contribution is 2.30. The second-order valence-corrected chi connectivity index (χ2v) is 6.12. The van der Waals surface area contributed by atoms with E-state index in [-0.39, 0.29) is 5.60 Å². The molecule has 0 bridgehead atoms. The highest BCUT2D eigenvalue weighted by atomic mass is 32.1. The number of ether oxygens (including phenoxy) is 2. The standard InChI is InChI=1S/C14H24N2O2S/c1-4-15-13(9-12-10-19-11(2)16-12)14(17-3)5-7-18-8-6-14/h10,13,15H,4-9H2,1-3H3. The maximum absolute atomic E-state index is 5.91. The first-order chi connectivity index (χ1) is 9.20. The first-order valence-corrected chi connectivity index (χ1v) is 7.85. The highest BCUT2D eigenvalue weighted by molar-refractivity contribution is 7.09. The van der Waals surface area contributed by atoms with Crippen LogP contribution in [0, 0.1) is 6.92 Å². The van der Waals surface area contributed by atoms with Crippen LogP contribution in [-0.2, 0) is 15.9 Å². The SMILES string of the molecule is CCNC(Cc1csc(C)n1)C1(OC)CCOCC1. The first-order valence-electron chi connectivity index (χ1n) is 6.97. The van der Waals surface area contributed by atoms with E-state index in [1.54, 1.807) is 11.3 Å². The molecule has 5 heteroatoms. The normalized spacial score (nSPS) is 20.4. The third-order valence-electron chi connectivity index (χ3n) is 3.91. The van der Waals surface area contributed by atoms with E-state index in [2.05, 4.69) is 29.5 Å². The third-order valence-corrected chi connectivity index (χ3v) is 4.73. The minimum Gasteiger partial charge on any atom is -0.381 e. The largest absolute Gasteiger partial charge is 0.381 e. The number of hydrogen-bond acceptors (Lipinski definition) is 5. The van der Waals surface area contributed by atoms with Crippen LogP contribution in [-0.4, -0.2) is 43.5 Å². The van der Waals surface area contributed by atoms with Crippen LogP contribution in [0.15, 0.2) is 5.38 Å². The smallest absolute Gasteiger partial charge is 0.0897 e. The van der Waals surface area contributed by atoms with Gasteiger partial charge >= 0.3 is 0 Å². The number of hydrogen-bond donors (Lipinski definition) is 1. The summed E-state index contributed by atoms with van der Waals surface area (Å²) in [7, 11) is 1.82. The van der Waals surface area contributed by atoms with E-state index in [0.29, 0.717) is 6.04 Å². The van der Waals surface area contributed by atoms with Crippen molar-refractivity contribution < 1.29 is 9.47 Å². The van der Waals surface area contributed by atoms with Gasteiger partial charge in [-0.25, -0.2) is 4.98 Å². The second-order valence-electron chi connectivity index (χ2n) is 5.05. The van der Waals surface area contributed by atoms with Gasteiger partial charge in [0, 0.05) is 51.0 Å². The van der Waals surface area contributed by atoms with E-state index in [9.17, 15) is 0 Å². The molecule has 1 atom stereocenters. The predicted octanol–water partition coefficient (Wildman–Crippen LogP) is 2.17. The number of methoxy groups -OCH3 is 1. The zero-order valence-corrected chi connectivity index (χ0v) is 12.9. The van der Waals surface area contributed by atoms with Gasteiger partial charge in [0.25, 0.3) is 0 Å². The molecule has 2 heterocycles. The molecule has 0 aromatic carbocycles. The van der Waals surface area contributed by atoms with Gasteiger partial charge < -0.3 is 14.8 Å². The summed E-state index contributed by atoms with van der Waals surface area (Å²) in [5, 5.41) is 6.87. The van der Waals surface area contributed by atoms with Crippen LogP contribution >= 0.6 is 11.3 Å². The minimum atomic E-state index is -0.119. The second kappa shape index (κ2) is 6.79. The number of aryl methyl sites for hydroxylation is 1. The van der Waals surface area contributed by atoms with E-state index >= 15 is 0 Å². The molecule has 0 amide bonds. The Morgan fingerprint density at radius 2 is 2.26 bits per heavy atom. The van der Waals surface area contributed by atoms with Crippen molar-refractivity contribution in [2.24, 2.45) is 0 Å². The monoisotopic (exact) mass is 284 g/mol. The summed E-state index contributed by atoms with van der Waals surface area (Å²) in [5.74, 6) is 0. The zero-order valence-electron chi connectivity index (χ0n) is 12.1. The number of thiazole rings is 1. The van der Waals surface area contributed by atoms with Gasteiger partial charge in [-0.3, -0.25) is 0 Å². The van der Waals surface area contributed by atoms with Gasteiger partial charge in [0.1, 0.15) is 0 Å². The molecule has 0 spiro atoms. The zero-order chi connectivity index (χ0) is 13.7. The molecule has 1 aromatic heterocycles. The Kier molecular flexibility index (Phi) is 5.33. The lowest BCUT2D eigenvalue weighted by molar-refractivity contribution is -0.110. The lowest BCUT2D eigenvalue weighted by atomic mass is 9.83. The molecule has 0 saturated carbocycles. The van der Waals surface area contributed by atoms with Gasteiger partial charge in [-0.05, 0) is 13.5 Å². The molecule has 1 aliphatic rings. The van der Waals surface area contributed by atoms with E-state index in [0.717, 1.165) is 49.7 Å². The molecule has 1 unspecified atom stereocenters. The number of rotatable bonds is 6. The number of likely N-dealkylation sites (N-methyl/N-ethyl adjacent to an activating group) is 1. The van der Waals surface area contributed by atoms with E-state index < -0.39 is 0 Å². The molecule has 1 fully saturated rings. The van der Waals surface area contributed by atoms with Gasteiger partial charge in [-0.2, -0.15) is 0 Å². The van der Waals surface area contributed by atoms with Crippen molar-refractivity contribution in [3.05, 3.63) is 16.1 Å². The number of aromatic nitrogens is 1. The molecule has 2 rings (SSSR count). The van der Waals surface area contributed by atoms with Crippen LogP contribution in [0.25, 0.3) is 0 Å². The summed E-state index contributed by atoms with van der Waals surface area (Å²) in [6.45, 7) is 6.70. The lowest BCUT2D eigenvalue weighted by Gasteiger charge is -2.42. The van der Waals surface area contributed by atoms with E-state index in [4.69, 9.17) is 9.47 Å². The predicted molar refractivity (Wildman–Crippen MR) is 77.8 cm³/mol.